The normalized spacial score (nSPS) is 10.9. The van der Waals surface area contributed by atoms with Crippen molar-refractivity contribution < 1.29 is 17.3 Å². The first-order valence-corrected chi connectivity index (χ1v) is 17.7. The van der Waals surface area contributed by atoms with Crippen LogP contribution in [0.3, 0.4) is 0 Å². The van der Waals surface area contributed by atoms with Crippen LogP contribution < -0.4 is 0 Å². The minimum absolute atomic E-state index is 0.0146. The molecule has 0 bridgehead atoms. The molecule has 0 amide bonds. The van der Waals surface area contributed by atoms with E-state index in [0.29, 0.717) is 0 Å². The maximum atomic E-state index is 9.75. The van der Waals surface area contributed by atoms with Gasteiger partial charge < -0.3 is 17.3 Å². The minimum atomic E-state index is -6.00. The smallest absolute Gasteiger partial charge is 0.418 e. The summed E-state index contributed by atoms with van der Waals surface area (Å²) >= 11 is -1.63. The molecule has 0 nitrogen and oxygen atoms in total. The average molecular weight is 667 g/mol. The maximum Gasteiger partial charge on any atom is 0.673 e. The molecule has 0 aliphatic carbocycles. The summed E-state index contributed by atoms with van der Waals surface area (Å²) in [5, 5.41) is 0. The molecule has 0 saturated carbocycles. The zero-order chi connectivity index (χ0) is 27.2. The average Bonchev–Trinajstić information content (AvgIpc) is 2.95. The second-order valence-electron chi connectivity index (χ2n) is 7.57. The van der Waals surface area contributed by atoms with Crippen LogP contribution >= 0.6 is 27.6 Å². The van der Waals surface area contributed by atoms with Crippen LogP contribution in [-0.2, 0) is 10.9 Å². The Hall–Kier alpha value is -2.75. The van der Waals surface area contributed by atoms with E-state index in [9.17, 15) is 17.3 Å². The van der Waals surface area contributed by atoms with E-state index in [2.05, 4.69) is 115 Å². The zero-order valence-electron chi connectivity index (χ0n) is 20.2. The van der Waals surface area contributed by atoms with Crippen LogP contribution in [-0.4, -0.2) is 7.25 Å². The van der Waals surface area contributed by atoms with Crippen molar-refractivity contribution in [2.45, 2.75) is 14.7 Å². The Bertz CT molecular complexity index is 1170. The Balaban J connectivity index is 0.000000185. The van der Waals surface area contributed by atoms with E-state index in [-0.39, 0.29) is 10.9 Å². The van der Waals surface area contributed by atoms with Gasteiger partial charge >= 0.3 is 103 Å². The fourth-order valence-electron chi connectivity index (χ4n) is 3.25. The van der Waals surface area contributed by atoms with Crippen molar-refractivity contribution in [3.63, 3.8) is 0 Å². The van der Waals surface area contributed by atoms with Gasteiger partial charge in [0.2, 0.25) is 0 Å². The molecule has 0 atom stereocenters. The molecule has 0 heterocycles. The maximum absolute atomic E-state index is 9.75. The summed E-state index contributed by atoms with van der Waals surface area (Å²) in [6.45, 7) is 0. The van der Waals surface area contributed by atoms with Crippen LogP contribution in [0, 0.1) is 7.14 Å². The number of halogens is 6. The van der Waals surface area contributed by atoms with E-state index >= 15 is 0 Å². The van der Waals surface area contributed by atoms with Gasteiger partial charge in [0.05, 0.1) is 10.9 Å². The van der Waals surface area contributed by atoms with E-state index in [4.69, 9.17) is 8.91 Å². The van der Waals surface area contributed by atoms with Gasteiger partial charge in [-0.05, 0) is 36.4 Å². The van der Waals surface area contributed by atoms with Crippen LogP contribution in [0.15, 0.2) is 166 Å². The number of hydrogen-bond donors (Lipinski definition) is 0. The molecule has 0 unspecified atom stereocenters. The Kier molecular flexibility index (Phi) is 12.2. The summed E-state index contributed by atoms with van der Waals surface area (Å²) in [5.41, 5.74) is 0. The molecule has 5 aromatic rings. The van der Waals surface area contributed by atoms with Crippen molar-refractivity contribution in [2.75, 3.05) is 0 Å². The third-order valence-corrected chi connectivity index (χ3v) is 12.9. The molecule has 38 heavy (non-hydrogen) atoms. The van der Waals surface area contributed by atoms with Gasteiger partial charge in [0, 0.05) is 0 Å². The van der Waals surface area contributed by atoms with Crippen molar-refractivity contribution >= 4 is 45.7 Å². The summed E-state index contributed by atoms with van der Waals surface area (Å²) in [6, 6.07) is 52.9. The van der Waals surface area contributed by atoms with Gasteiger partial charge in [-0.15, -0.1) is 0 Å². The van der Waals surface area contributed by atoms with Crippen molar-refractivity contribution in [3.05, 3.63) is 159 Å². The third kappa shape index (κ3) is 10.6. The molecule has 0 spiro atoms. The second kappa shape index (κ2) is 15.6. The van der Waals surface area contributed by atoms with Gasteiger partial charge in [0.15, 0.2) is 14.7 Å². The first-order chi connectivity index (χ1) is 18.3. The van der Waals surface area contributed by atoms with Crippen molar-refractivity contribution in [2.24, 2.45) is 0 Å². The third-order valence-electron chi connectivity index (χ3n) is 4.79. The monoisotopic (exact) mass is 666 g/mol. The van der Waals surface area contributed by atoms with Crippen molar-refractivity contribution in [1.82, 2.24) is 0 Å². The van der Waals surface area contributed by atoms with Crippen LogP contribution in [0.25, 0.3) is 0 Å². The first-order valence-electron chi connectivity index (χ1n) is 11.6. The molecule has 0 saturated heterocycles. The summed E-state index contributed by atoms with van der Waals surface area (Å²) in [7, 11) is 0.474. The zero-order valence-corrected chi connectivity index (χ0v) is 23.9. The topological polar surface area (TPSA) is 0 Å². The van der Waals surface area contributed by atoms with E-state index < -0.39 is 25.9 Å². The van der Waals surface area contributed by atoms with Gasteiger partial charge in [0.1, 0.15) is 0 Å². The largest absolute Gasteiger partial charge is 0.673 e. The molecule has 0 N–H and O–H groups in total. The minimum Gasteiger partial charge on any atom is -0.418 e. The second-order valence-corrected chi connectivity index (χ2v) is 15.4. The van der Waals surface area contributed by atoms with Crippen LogP contribution in [0.4, 0.5) is 17.3 Å². The molecule has 0 aliphatic rings. The number of rotatable bonds is 5. The fraction of sp³-hybridized carbons (Fsp3) is 0. The quantitative estimate of drug-likeness (QED) is 0.0758. The first kappa shape index (κ1) is 29.8. The van der Waals surface area contributed by atoms with Gasteiger partial charge in [-0.2, -0.15) is 0 Å². The molecular weight excluding hydrogens is 642 g/mol. The Morgan fingerprint density at radius 1 is 0.421 bits per heavy atom. The van der Waals surface area contributed by atoms with Crippen LogP contribution in [0.1, 0.15) is 0 Å². The number of hydrogen-bond acceptors (Lipinski definition) is 0. The van der Waals surface area contributed by atoms with Gasteiger partial charge in [-0.3, -0.25) is 0 Å². The Labute approximate surface area is 235 Å². The molecule has 0 radical (unpaired) electrons. The van der Waals surface area contributed by atoms with Crippen molar-refractivity contribution in [1.29, 1.82) is 0 Å². The predicted molar refractivity (Wildman–Crippen MR) is 162 cm³/mol. The molecule has 8 heteroatoms. The van der Waals surface area contributed by atoms with E-state index in [1.165, 1.54) is 21.8 Å². The predicted octanol–water partition coefficient (Wildman–Crippen LogP) is 10.5. The molecular formula is C30H25BClF4IS. The van der Waals surface area contributed by atoms with Crippen molar-refractivity contribution in [3.8, 4) is 0 Å². The summed E-state index contributed by atoms with van der Waals surface area (Å²) in [4.78, 5) is 4.08. The summed E-state index contributed by atoms with van der Waals surface area (Å²) in [5.74, 6) is 0. The van der Waals surface area contributed by atoms with E-state index in [1.807, 2.05) is 36.4 Å². The van der Waals surface area contributed by atoms with E-state index in [0.717, 1.165) is 0 Å². The van der Waals surface area contributed by atoms with Crippen LogP contribution in [0.2, 0.25) is 0 Å². The summed E-state index contributed by atoms with van der Waals surface area (Å²) in [6.07, 6.45) is 0. The van der Waals surface area contributed by atoms with Crippen LogP contribution in [0.5, 0.6) is 0 Å². The molecule has 5 aromatic carbocycles. The molecule has 0 aliphatic heterocycles. The SMILES string of the molecule is ClI(c1ccccc1)c1ccccc1.F[B-](F)(F)F.c1ccc([S+](c2ccccc2)c2ccccc2)cc1. The Morgan fingerprint density at radius 2 is 0.632 bits per heavy atom. The Morgan fingerprint density at radius 3 is 0.868 bits per heavy atom. The molecule has 5 rings (SSSR count). The summed E-state index contributed by atoms with van der Waals surface area (Å²) < 4.78 is 41.6. The van der Waals surface area contributed by atoms with Gasteiger partial charge in [-0.1, -0.05) is 54.6 Å². The molecule has 196 valence electrons. The van der Waals surface area contributed by atoms with E-state index in [1.54, 1.807) is 0 Å². The molecule has 0 aromatic heterocycles. The van der Waals surface area contributed by atoms with Gasteiger partial charge in [0.25, 0.3) is 0 Å². The fourth-order valence-corrected chi connectivity index (χ4v) is 9.45. The number of benzene rings is 5. The standard InChI is InChI=1S/C18H15S.C12H10ClI.BF4/c1-4-10-16(11-5-1)19(17-12-6-2-7-13-17)18-14-8-3-9-15-18;13-14(11-7-3-1-4-8-11)12-9-5-2-6-10-12;2-1(3,4)5/h1-15H;1-10H;/q+1;;-1. The van der Waals surface area contributed by atoms with Gasteiger partial charge in [-0.25, -0.2) is 0 Å². The molecule has 0 fully saturated rings.